The van der Waals surface area contributed by atoms with Gasteiger partial charge >= 0.3 is 0 Å². The van der Waals surface area contributed by atoms with Gasteiger partial charge in [0.15, 0.2) is 0 Å². The van der Waals surface area contributed by atoms with Crippen LogP contribution in [0.1, 0.15) is 20.3 Å². The van der Waals surface area contributed by atoms with Crippen LogP contribution in [0.4, 0.5) is 11.4 Å². The summed E-state index contributed by atoms with van der Waals surface area (Å²) in [5, 5.41) is 0. The Balaban J connectivity index is 1.45. The first kappa shape index (κ1) is 20.6. The highest BCUT2D eigenvalue weighted by Crippen LogP contribution is 2.48. The van der Waals surface area contributed by atoms with Crippen molar-refractivity contribution in [1.29, 1.82) is 0 Å². The zero-order valence-corrected chi connectivity index (χ0v) is 18.9. The Bertz CT molecular complexity index is 865. The van der Waals surface area contributed by atoms with Gasteiger partial charge in [-0.3, -0.25) is 9.69 Å². The van der Waals surface area contributed by atoms with Crippen LogP contribution in [0, 0.1) is 0 Å². The number of benzene rings is 2. The second-order valence-electron chi connectivity index (χ2n) is 7.49. The summed E-state index contributed by atoms with van der Waals surface area (Å²) in [6, 6.07) is 15.6. The minimum atomic E-state index is 0.199. The smallest absolute Gasteiger partial charge is 0.219 e. The number of rotatable bonds is 6. The summed E-state index contributed by atoms with van der Waals surface area (Å²) in [6.07, 6.45) is 1.11. The Morgan fingerprint density at radius 2 is 1.76 bits per heavy atom. The molecule has 0 saturated carbocycles. The molecule has 2 aromatic rings. The molecule has 0 aliphatic carbocycles. The van der Waals surface area contributed by atoms with Gasteiger partial charge in [-0.25, -0.2) is 0 Å². The number of nitrogens with zero attached hydrogens (tertiary/aromatic N) is 3. The molecular formula is C23H29N3OS2. The normalized spacial score (nSPS) is 16.5. The number of hydrogen-bond donors (Lipinski definition) is 0. The van der Waals surface area contributed by atoms with E-state index in [1.807, 2.05) is 28.4 Å². The van der Waals surface area contributed by atoms with Crippen molar-refractivity contribution in [3.63, 3.8) is 0 Å². The fraction of sp³-hybridized carbons (Fsp3) is 0.435. The van der Waals surface area contributed by atoms with Crippen molar-refractivity contribution in [3.05, 3.63) is 42.5 Å². The summed E-state index contributed by atoms with van der Waals surface area (Å²) in [7, 11) is 0. The topological polar surface area (TPSA) is 26.8 Å². The lowest BCUT2D eigenvalue weighted by Gasteiger charge is -2.36. The molecule has 2 aliphatic rings. The molecule has 1 fully saturated rings. The lowest BCUT2D eigenvalue weighted by Crippen LogP contribution is -2.48. The fourth-order valence-electron chi connectivity index (χ4n) is 4.05. The molecular weight excluding hydrogens is 398 g/mol. The zero-order valence-electron chi connectivity index (χ0n) is 17.3. The van der Waals surface area contributed by atoms with Gasteiger partial charge in [0, 0.05) is 54.3 Å². The van der Waals surface area contributed by atoms with Crippen LogP contribution in [-0.2, 0) is 4.79 Å². The first-order chi connectivity index (χ1) is 14.2. The van der Waals surface area contributed by atoms with E-state index in [9.17, 15) is 4.79 Å². The number of piperazine rings is 1. The van der Waals surface area contributed by atoms with E-state index in [1.165, 1.54) is 26.1 Å². The molecule has 2 aromatic carbocycles. The number of carbonyl (C=O) groups is 1. The summed E-state index contributed by atoms with van der Waals surface area (Å²) in [5.74, 6) is 1.29. The van der Waals surface area contributed by atoms with Crippen LogP contribution in [0.3, 0.4) is 0 Å². The van der Waals surface area contributed by atoms with Crippen LogP contribution in [0.2, 0.25) is 0 Å². The van der Waals surface area contributed by atoms with E-state index in [-0.39, 0.29) is 5.91 Å². The van der Waals surface area contributed by atoms with Crippen LogP contribution >= 0.6 is 23.5 Å². The summed E-state index contributed by atoms with van der Waals surface area (Å²) in [5.41, 5.74) is 2.67. The van der Waals surface area contributed by atoms with Gasteiger partial charge in [0.2, 0.25) is 5.91 Å². The van der Waals surface area contributed by atoms with Crippen molar-refractivity contribution in [1.82, 2.24) is 9.80 Å². The minimum absolute atomic E-state index is 0.199. The maximum absolute atomic E-state index is 11.5. The number of para-hydroxylation sites is 1. The van der Waals surface area contributed by atoms with Crippen LogP contribution in [0.25, 0.3) is 0 Å². The standard InChI is InChI=1S/C23H29N3OS2/c1-3-28-19-9-10-23-21(17-19)26(20-7-4-5-8-22(20)29-23)12-6-11-24-13-15-25(16-14-24)18(2)27/h4-5,7-10,17H,3,6,11-16H2,1-2H3. The van der Waals surface area contributed by atoms with Crippen molar-refractivity contribution in [2.24, 2.45) is 0 Å². The predicted octanol–water partition coefficient (Wildman–Crippen LogP) is 4.96. The monoisotopic (exact) mass is 427 g/mol. The number of fused-ring (bicyclic) bond motifs is 2. The first-order valence-electron chi connectivity index (χ1n) is 10.4. The van der Waals surface area contributed by atoms with Gasteiger partial charge in [-0.2, -0.15) is 0 Å². The second kappa shape index (κ2) is 9.45. The Morgan fingerprint density at radius 1 is 1.00 bits per heavy atom. The summed E-state index contributed by atoms with van der Waals surface area (Å²) >= 11 is 3.78. The Labute approximate surface area is 182 Å². The lowest BCUT2D eigenvalue weighted by molar-refractivity contribution is -0.130. The molecule has 4 nitrogen and oxygen atoms in total. The molecule has 2 aliphatic heterocycles. The van der Waals surface area contributed by atoms with Gasteiger partial charge in [-0.15, -0.1) is 11.8 Å². The molecule has 1 saturated heterocycles. The highest BCUT2D eigenvalue weighted by atomic mass is 32.2. The van der Waals surface area contributed by atoms with Gasteiger partial charge in [0.05, 0.1) is 11.4 Å². The number of hydrogen-bond acceptors (Lipinski definition) is 5. The van der Waals surface area contributed by atoms with E-state index in [1.54, 1.807) is 6.92 Å². The molecule has 0 unspecified atom stereocenters. The molecule has 0 spiro atoms. The second-order valence-corrected chi connectivity index (χ2v) is 9.91. The molecule has 0 aromatic heterocycles. The Morgan fingerprint density at radius 3 is 2.52 bits per heavy atom. The molecule has 2 heterocycles. The van der Waals surface area contributed by atoms with E-state index < -0.39 is 0 Å². The molecule has 4 rings (SSSR count). The highest BCUT2D eigenvalue weighted by Gasteiger charge is 2.24. The third-order valence-corrected chi connectivity index (χ3v) is 7.59. The maximum Gasteiger partial charge on any atom is 0.219 e. The van der Waals surface area contributed by atoms with Gasteiger partial charge in [-0.1, -0.05) is 30.8 Å². The van der Waals surface area contributed by atoms with Gasteiger partial charge in [0.25, 0.3) is 0 Å². The summed E-state index contributed by atoms with van der Waals surface area (Å²) in [6.45, 7) is 9.66. The Kier molecular flexibility index (Phi) is 6.73. The number of amides is 1. The van der Waals surface area contributed by atoms with Gasteiger partial charge < -0.3 is 9.80 Å². The van der Waals surface area contributed by atoms with Crippen molar-refractivity contribution in [2.45, 2.75) is 35.0 Å². The molecule has 6 heteroatoms. The van der Waals surface area contributed by atoms with E-state index in [2.05, 4.69) is 59.2 Å². The SMILES string of the molecule is CCSc1ccc2c(c1)N(CCCN1CCN(C(C)=O)CC1)c1ccccc1S2. The quantitative estimate of drug-likeness (QED) is 0.608. The number of anilines is 2. The third-order valence-electron chi connectivity index (χ3n) is 5.58. The molecule has 0 atom stereocenters. The first-order valence-corrected chi connectivity index (χ1v) is 12.2. The van der Waals surface area contributed by atoms with Gasteiger partial charge in [0.1, 0.15) is 0 Å². The van der Waals surface area contributed by atoms with E-state index in [0.717, 1.165) is 51.4 Å². The van der Waals surface area contributed by atoms with E-state index in [0.29, 0.717) is 0 Å². The zero-order chi connectivity index (χ0) is 20.2. The van der Waals surface area contributed by atoms with Crippen molar-refractivity contribution in [3.8, 4) is 0 Å². The number of thioether (sulfide) groups is 1. The van der Waals surface area contributed by atoms with Crippen LogP contribution in [0.15, 0.2) is 57.2 Å². The van der Waals surface area contributed by atoms with E-state index >= 15 is 0 Å². The fourth-order valence-corrected chi connectivity index (χ4v) is 5.81. The number of carbonyl (C=O) groups excluding carboxylic acids is 1. The molecule has 29 heavy (non-hydrogen) atoms. The lowest BCUT2D eigenvalue weighted by atomic mass is 10.2. The average Bonchev–Trinajstić information content (AvgIpc) is 2.74. The van der Waals surface area contributed by atoms with Crippen LogP contribution < -0.4 is 4.90 Å². The molecule has 1 amide bonds. The summed E-state index contributed by atoms with van der Waals surface area (Å²) < 4.78 is 0. The van der Waals surface area contributed by atoms with Crippen molar-refractivity contribution in [2.75, 3.05) is 49.9 Å². The molecule has 0 radical (unpaired) electrons. The Hall–Kier alpha value is -1.63. The minimum Gasteiger partial charge on any atom is -0.340 e. The molecule has 154 valence electrons. The van der Waals surface area contributed by atoms with Gasteiger partial charge in [-0.05, 0) is 49.1 Å². The maximum atomic E-state index is 11.5. The molecule has 0 N–H and O–H groups in total. The average molecular weight is 428 g/mol. The van der Waals surface area contributed by atoms with Crippen LogP contribution in [0.5, 0.6) is 0 Å². The van der Waals surface area contributed by atoms with Crippen LogP contribution in [-0.4, -0.2) is 60.7 Å². The summed E-state index contributed by atoms with van der Waals surface area (Å²) in [4.78, 5) is 22.5. The van der Waals surface area contributed by atoms with Crippen molar-refractivity contribution < 1.29 is 4.79 Å². The van der Waals surface area contributed by atoms with E-state index in [4.69, 9.17) is 0 Å². The molecule has 0 bridgehead atoms. The van der Waals surface area contributed by atoms with Crippen molar-refractivity contribution >= 4 is 40.8 Å². The highest BCUT2D eigenvalue weighted by molar-refractivity contribution is 8.00. The third kappa shape index (κ3) is 4.76. The largest absolute Gasteiger partial charge is 0.340 e. The predicted molar refractivity (Wildman–Crippen MR) is 124 cm³/mol.